The highest BCUT2D eigenvalue weighted by Crippen LogP contribution is 2.12. The van der Waals surface area contributed by atoms with Crippen LogP contribution in [0, 0.1) is 3.57 Å². The molecular weight excluding hydrogens is 339 g/mol. The van der Waals surface area contributed by atoms with Crippen molar-refractivity contribution in [3.63, 3.8) is 0 Å². The molecule has 0 spiro atoms. The van der Waals surface area contributed by atoms with E-state index >= 15 is 0 Å². The van der Waals surface area contributed by atoms with Crippen molar-refractivity contribution in [1.82, 2.24) is 5.32 Å². The fraction of sp³-hybridized carbons (Fsp3) is 0.100. The van der Waals surface area contributed by atoms with Crippen LogP contribution in [0.1, 0.15) is 10.4 Å². The number of ether oxygens (including phenoxy) is 1. The number of amides is 3. The summed E-state index contributed by atoms with van der Waals surface area (Å²) in [6, 6.07) is 5.79. The van der Waals surface area contributed by atoms with E-state index in [0.717, 1.165) is 0 Å². The van der Waals surface area contributed by atoms with E-state index in [-0.39, 0.29) is 0 Å². The van der Waals surface area contributed by atoms with E-state index in [0.29, 0.717) is 9.13 Å². The van der Waals surface area contributed by atoms with Crippen LogP contribution in [0.15, 0.2) is 24.3 Å². The molecule has 3 amide bonds. The SMILES string of the molecule is NC(=O)NC(=O)COC(=O)c1ccccc1I. The van der Waals surface area contributed by atoms with Gasteiger partial charge in [-0.05, 0) is 34.7 Å². The molecule has 0 unspecified atom stereocenters. The molecule has 7 heteroatoms. The molecule has 0 atom stereocenters. The Balaban J connectivity index is 2.54. The maximum Gasteiger partial charge on any atom is 0.339 e. The van der Waals surface area contributed by atoms with Gasteiger partial charge in [0.1, 0.15) is 0 Å². The molecular formula is C10H9IN2O4. The number of rotatable bonds is 3. The zero-order valence-corrected chi connectivity index (χ0v) is 10.8. The van der Waals surface area contributed by atoms with Gasteiger partial charge in [0.25, 0.3) is 5.91 Å². The lowest BCUT2D eigenvalue weighted by molar-refractivity contribution is -0.123. The Morgan fingerprint density at radius 2 is 1.94 bits per heavy atom. The molecule has 0 fully saturated rings. The van der Waals surface area contributed by atoms with Crippen molar-refractivity contribution in [3.05, 3.63) is 33.4 Å². The molecule has 0 saturated heterocycles. The number of carbonyl (C=O) groups excluding carboxylic acids is 3. The first kappa shape index (κ1) is 13.4. The lowest BCUT2D eigenvalue weighted by Crippen LogP contribution is -2.37. The highest BCUT2D eigenvalue weighted by Gasteiger charge is 2.13. The Morgan fingerprint density at radius 3 is 2.53 bits per heavy atom. The third-order valence-electron chi connectivity index (χ3n) is 1.69. The Kier molecular flexibility index (Phi) is 4.88. The highest BCUT2D eigenvalue weighted by molar-refractivity contribution is 14.1. The molecule has 0 heterocycles. The number of benzene rings is 1. The first-order chi connectivity index (χ1) is 8.00. The van der Waals surface area contributed by atoms with Crippen molar-refractivity contribution >= 4 is 40.5 Å². The highest BCUT2D eigenvalue weighted by atomic mass is 127. The Morgan fingerprint density at radius 1 is 1.29 bits per heavy atom. The Bertz CT molecular complexity index is 461. The van der Waals surface area contributed by atoms with E-state index < -0.39 is 24.5 Å². The van der Waals surface area contributed by atoms with Crippen molar-refractivity contribution in [2.24, 2.45) is 5.73 Å². The number of nitrogens with two attached hydrogens (primary N) is 1. The van der Waals surface area contributed by atoms with Crippen LogP contribution in [0.3, 0.4) is 0 Å². The van der Waals surface area contributed by atoms with Crippen molar-refractivity contribution in [2.75, 3.05) is 6.61 Å². The molecule has 0 aliphatic rings. The summed E-state index contributed by atoms with van der Waals surface area (Å²) in [6.07, 6.45) is 0. The van der Waals surface area contributed by atoms with E-state index in [9.17, 15) is 14.4 Å². The maximum atomic E-state index is 11.5. The number of carbonyl (C=O) groups is 3. The first-order valence-corrected chi connectivity index (χ1v) is 5.59. The predicted octanol–water partition coefficient (Wildman–Crippen LogP) is 0.643. The molecule has 0 aromatic heterocycles. The molecule has 1 rings (SSSR count). The smallest absolute Gasteiger partial charge is 0.339 e. The van der Waals surface area contributed by atoms with Crippen LogP contribution in [0.4, 0.5) is 4.79 Å². The minimum Gasteiger partial charge on any atom is -0.452 e. The lowest BCUT2D eigenvalue weighted by Gasteiger charge is -2.05. The van der Waals surface area contributed by atoms with Crippen molar-refractivity contribution in [1.29, 1.82) is 0 Å². The molecule has 17 heavy (non-hydrogen) atoms. The number of hydrogen-bond acceptors (Lipinski definition) is 4. The molecule has 0 aliphatic carbocycles. The van der Waals surface area contributed by atoms with Crippen LogP contribution in [0.2, 0.25) is 0 Å². The van der Waals surface area contributed by atoms with Gasteiger partial charge >= 0.3 is 12.0 Å². The standard InChI is InChI=1S/C10H9IN2O4/c11-7-4-2-1-3-6(7)9(15)17-5-8(14)13-10(12)16/h1-4H,5H2,(H3,12,13,14,16). The van der Waals surface area contributed by atoms with Gasteiger partial charge in [0.2, 0.25) is 0 Å². The van der Waals surface area contributed by atoms with Crippen LogP contribution in [-0.2, 0) is 9.53 Å². The van der Waals surface area contributed by atoms with Gasteiger partial charge in [-0.3, -0.25) is 10.1 Å². The van der Waals surface area contributed by atoms with Crippen LogP contribution in [-0.4, -0.2) is 24.5 Å². The zero-order chi connectivity index (χ0) is 12.8. The fourth-order valence-electron chi connectivity index (χ4n) is 1.01. The minimum absolute atomic E-state index is 0.361. The topological polar surface area (TPSA) is 98.5 Å². The van der Waals surface area contributed by atoms with Gasteiger partial charge in [0.05, 0.1) is 5.56 Å². The zero-order valence-electron chi connectivity index (χ0n) is 8.60. The van der Waals surface area contributed by atoms with Gasteiger partial charge in [0, 0.05) is 3.57 Å². The monoisotopic (exact) mass is 348 g/mol. The quantitative estimate of drug-likeness (QED) is 0.619. The average molecular weight is 348 g/mol. The second-order valence-electron chi connectivity index (χ2n) is 2.97. The third-order valence-corrected chi connectivity index (χ3v) is 2.63. The third kappa shape index (κ3) is 4.39. The van der Waals surface area contributed by atoms with E-state index in [1.54, 1.807) is 29.6 Å². The number of nitrogens with one attached hydrogen (secondary N) is 1. The molecule has 0 aliphatic heterocycles. The van der Waals surface area contributed by atoms with Gasteiger partial charge in [-0.1, -0.05) is 12.1 Å². The normalized spacial score (nSPS) is 9.47. The number of hydrogen-bond donors (Lipinski definition) is 2. The summed E-state index contributed by atoms with van der Waals surface area (Å²) in [6.45, 7) is -0.549. The summed E-state index contributed by atoms with van der Waals surface area (Å²) < 4.78 is 5.42. The van der Waals surface area contributed by atoms with Gasteiger partial charge in [-0.25, -0.2) is 9.59 Å². The summed E-state index contributed by atoms with van der Waals surface area (Å²) >= 11 is 1.98. The van der Waals surface area contributed by atoms with E-state index in [2.05, 4.69) is 0 Å². The van der Waals surface area contributed by atoms with E-state index in [1.165, 1.54) is 0 Å². The minimum atomic E-state index is -0.986. The summed E-state index contributed by atoms with van der Waals surface area (Å²) in [5, 5.41) is 1.79. The van der Waals surface area contributed by atoms with E-state index in [4.69, 9.17) is 10.5 Å². The largest absolute Gasteiger partial charge is 0.452 e. The fourth-order valence-corrected chi connectivity index (χ4v) is 1.62. The predicted molar refractivity (Wildman–Crippen MR) is 67.2 cm³/mol. The molecule has 1 aromatic rings. The van der Waals surface area contributed by atoms with Crippen molar-refractivity contribution < 1.29 is 19.1 Å². The van der Waals surface area contributed by atoms with Gasteiger partial charge in [0.15, 0.2) is 6.61 Å². The number of esters is 1. The molecule has 3 N–H and O–H groups in total. The summed E-state index contributed by atoms with van der Waals surface area (Å²) in [5.41, 5.74) is 5.08. The number of imide groups is 1. The molecule has 0 bridgehead atoms. The van der Waals surface area contributed by atoms with Crippen LogP contribution < -0.4 is 11.1 Å². The Labute approximate surface area is 111 Å². The van der Waals surface area contributed by atoms with Gasteiger partial charge in [-0.2, -0.15) is 0 Å². The second kappa shape index (κ2) is 6.18. The molecule has 0 radical (unpaired) electrons. The molecule has 90 valence electrons. The molecule has 0 saturated carbocycles. The number of primary amides is 1. The first-order valence-electron chi connectivity index (χ1n) is 4.51. The second-order valence-corrected chi connectivity index (χ2v) is 4.13. The van der Waals surface area contributed by atoms with Crippen LogP contribution >= 0.6 is 22.6 Å². The number of halogens is 1. The van der Waals surface area contributed by atoms with Crippen LogP contribution in [0.25, 0.3) is 0 Å². The Hall–Kier alpha value is -1.64. The number of urea groups is 1. The molecule has 1 aromatic carbocycles. The molecule has 6 nitrogen and oxygen atoms in total. The van der Waals surface area contributed by atoms with Gasteiger partial charge in [-0.15, -0.1) is 0 Å². The maximum absolute atomic E-state index is 11.5. The van der Waals surface area contributed by atoms with Crippen LogP contribution in [0.5, 0.6) is 0 Å². The lowest BCUT2D eigenvalue weighted by atomic mass is 10.2. The van der Waals surface area contributed by atoms with Crippen molar-refractivity contribution in [2.45, 2.75) is 0 Å². The van der Waals surface area contributed by atoms with Gasteiger partial charge < -0.3 is 10.5 Å². The summed E-state index contributed by atoms with van der Waals surface area (Å²) in [5.74, 6) is -1.40. The van der Waals surface area contributed by atoms with E-state index in [1.807, 2.05) is 22.6 Å². The summed E-state index contributed by atoms with van der Waals surface area (Å²) in [4.78, 5) is 32.8. The van der Waals surface area contributed by atoms with Crippen molar-refractivity contribution in [3.8, 4) is 0 Å². The average Bonchev–Trinajstić information content (AvgIpc) is 2.25. The summed E-state index contributed by atoms with van der Waals surface area (Å²) in [7, 11) is 0.